The highest BCUT2D eigenvalue weighted by Gasteiger charge is 2.22. The molecule has 1 aromatic heterocycles. The summed E-state index contributed by atoms with van der Waals surface area (Å²) in [6.45, 7) is 1.07. The maximum atomic E-state index is 12.1. The molecule has 1 atom stereocenters. The van der Waals surface area contributed by atoms with Gasteiger partial charge in [-0.25, -0.2) is 0 Å². The number of nitrogens with zero attached hydrogens (tertiary/aromatic N) is 1. The molecule has 0 saturated heterocycles. The van der Waals surface area contributed by atoms with E-state index in [2.05, 4.69) is 20.6 Å². The monoisotopic (exact) mass is 399 g/mol. The highest BCUT2D eigenvalue weighted by Crippen LogP contribution is 2.23. The summed E-state index contributed by atoms with van der Waals surface area (Å²) in [7, 11) is 0. The van der Waals surface area contributed by atoms with Crippen LogP contribution in [0.5, 0.6) is 0 Å². The van der Waals surface area contributed by atoms with Crippen molar-refractivity contribution in [3.8, 4) is 0 Å². The van der Waals surface area contributed by atoms with Crippen molar-refractivity contribution in [3.63, 3.8) is 0 Å². The summed E-state index contributed by atoms with van der Waals surface area (Å²) in [4.78, 5) is 41.3. The molecule has 1 amide bonds. The Morgan fingerprint density at radius 1 is 1.28 bits per heavy atom. The minimum Gasteiger partial charge on any atom is -0.481 e. The third kappa shape index (κ3) is 5.56. The number of anilines is 2. The van der Waals surface area contributed by atoms with Crippen molar-refractivity contribution in [2.24, 2.45) is 5.92 Å². The Hall–Kier alpha value is -3.36. The number of aromatic amines is 1. The lowest BCUT2D eigenvalue weighted by molar-refractivity contribution is -0.137. The van der Waals surface area contributed by atoms with Gasteiger partial charge >= 0.3 is 5.97 Å². The van der Waals surface area contributed by atoms with Crippen molar-refractivity contribution in [2.45, 2.75) is 32.1 Å². The van der Waals surface area contributed by atoms with Gasteiger partial charge in [0.05, 0.1) is 5.56 Å². The Balaban J connectivity index is 1.48. The number of nitrogens with two attached hydrogens (primary N) is 1. The summed E-state index contributed by atoms with van der Waals surface area (Å²) in [5, 5.41) is 14.5. The second kappa shape index (κ2) is 9.22. The molecule has 0 fully saturated rings. The lowest BCUT2D eigenvalue weighted by Gasteiger charge is -2.24. The molecule has 2 heterocycles. The SMILES string of the molecule is Nc1nc2c(c(=O)[nH]1)CC(CCc1ccc(C(=O)NCCCC(=O)O)cc1)CN2. The van der Waals surface area contributed by atoms with E-state index in [0.29, 0.717) is 42.2 Å². The van der Waals surface area contributed by atoms with Gasteiger partial charge in [0.2, 0.25) is 5.95 Å². The molecular formula is C20H25N5O4. The second-order valence-corrected chi connectivity index (χ2v) is 7.22. The van der Waals surface area contributed by atoms with Gasteiger partial charge in [-0.1, -0.05) is 12.1 Å². The van der Waals surface area contributed by atoms with E-state index in [1.54, 1.807) is 12.1 Å². The first-order valence-corrected chi connectivity index (χ1v) is 9.64. The van der Waals surface area contributed by atoms with Crippen molar-refractivity contribution in [1.29, 1.82) is 0 Å². The Bertz CT molecular complexity index is 939. The highest BCUT2D eigenvalue weighted by molar-refractivity contribution is 5.94. The fourth-order valence-electron chi connectivity index (χ4n) is 3.39. The van der Waals surface area contributed by atoms with Crippen LogP contribution in [-0.4, -0.2) is 40.0 Å². The molecule has 2 aromatic rings. The zero-order valence-corrected chi connectivity index (χ0v) is 16.0. The number of aryl methyl sites for hydroxylation is 1. The number of carboxylic acid groups (broad SMARTS) is 1. The van der Waals surface area contributed by atoms with E-state index >= 15 is 0 Å². The first-order chi connectivity index (χ1) is 13.9. The van der Waals surface area contributed by atoms with Crippen molar-refractivity contribution in [3.05, 3.63) is 51.3 Å². The van der Waals surface area contributed by atoms with E-state index in [1.807, 2.05) is 12.1 Å². The van der Waals surface area contributed by atoms with Gasteiger partial charge in [0.15, 0.2) is 0 Å². The van der Waals surface area contributed by atoms with Gasteiger partial charge < -0.3 is 21.5 Å². The molecule has 6 N–H and O–H groups in total. The Morgan fingerprint density at radius 3 is 2.76 bits per heavy atom. The molecule has 29 heavy (non-hydrogen) atoms. The predicted octanol–water partition coefficient (Wildman–Crippen LogP) is 1.16. The third-order valence-electron chi connectivity index (χ3n) is 5.00. The van der Waals surface area contributed by atoms with E-state index in [0.717, 1.165) is 24.9 Å². The molecule has 9 heteroatoms. The van der Waals surface area contributed by atoms with Gasteiger partial charge in [-0.15, -0.1) is 0 Å². The van der Waals surface area contributed by atoms with Crippen LogP contribution < -0.4 is 21.9 Å². The molecule has 154 valence electrons. The number of aliphatic carboxylic acids is 1. The quantitative estimate of drug-likeness (QED) is 0.418. The maximum absolute atomic E-state index is 12.1. The van der Waals surface area contributed by atoms with E-state index < -0.39 is 5.97 Å². The normalized spacial score (nSPS) is 15.2. The van der Waals surface area contributed by atoms with E-state index in [4.69, 9.17) is 10.8 Å². The van der Waals surface area contributed by atoms with Crippen LogP contribution in [0.25, 0.3) is 0 Å². The molecule has 1 aliphatic rings. The minimum atomic E-state index is -0.870. The van der Waals surface area contributed by atoms with E-state index in [9.17, 15) is 14.4 Å². The number of hydrogen-bond acceptors (Lipinski definition) is 6. The molecule has 1 aliphatic heterocycles. The van der Waals surface area contributed by atoms with Crippen LogP contribution in [0.2, 0.25) is 0 Å². The smallest absolute Gasteiger partial charge is 0.303 e. The highest BCUT2D eigenvalue weighted by atomic mass is 16.4. The second-order valence-electron chi connectivity index (χ2n) is 7.22. The van der Waals surface area contributed by atoms with Crippen LogP contribution >= 0.6 is 0 Å². The zero-order chi connectivity index (χ0) is 20.8. The van der Waals surface area contributed by atoms with Crippen LogP contribution in [-0.2, 0) is 17.6 Å². The number of nitrogens with one attached hydrogen (secondary N) is 3. The fourth-order valence-corrected chi connectivity index (χ4v) is 3.39. The van der Waals surface area contributed by atoms with E-state index in [-0.39, 0.29) is 23.8 Å². The number of carbonyl (C=O) groups is 2. The summed E-state index contributed by atoms with van der Waals surface area (Å²) < 4.78 is 0. The third-order valence-corrected chi connectivity index (χ3v) is 5.00. The molecule has 0 radical (unpaired) electrons. The van der Waals surface area contributed by atoms with Crippen molar-refractivity contribution < 1.29 is 14.7 Å². The average Bonchev–Trinajstić information content (AvgIpc) is 2.70. The predicted molar refractivity (Wildman–Crippen MR) is 109 cm³/mol. The summed E-state index contributed by atoms with van der Waals surface area (Å²) >= 11 is 0. The zero-order valence-electron chi connectivity index (χ0n) is 16.0. The summed E-state index contributed by atoms with van der Waals surface area (Å²) in [6.07, 6.45) is 2.83. The molecule has 1 aromatic carbocycles. The van der Waals surface area contributed by atoms with E-state index in [1.165, 1.54) is 0 Å². The largest absolute Gasteiger partial charge is 0.481 e. The van der Waals surface area contributed by atoms with Crippen LogP contribution in [0.3, 0.4) is 0 Å². The number of fused-ring (bicyclic) bond motifs is 1. The van der Waals surface area contributed by atoms with Gasteiger partial charge in [0.25, 0.3) is 11.5 Å². The first kappa shape index (κ1) is 20.4. The summed E-state index contributed by atoms with van der Waals surface area (Å²) in [5.41, 5.74) is 7.69. The number of carbonyl (C=O) groups excluding carboxylic acids is 1. The molecule has 0 bridgehead atoms. The van der Waals surface area contributed by atoms with Gasteiger partial charge in [0.1, 0.15) is 5.82 Å². The maximum Gasteiger partial charge on any atom is 0.303 e. The summed E-state index contributed by atoms with van der Waals surface area (Å²) in [5.74, 6) is -0.0792. The molecular weight excluding hydrogens is 374 g/mol. The fraction of sp³-hybridized carbons (Fsp3) is 0.400. The van der Waals surface area contributed by atoms with Crippen LogP contribution in [0, 0.1) is 5.92 Å². The Morgan fingerprint density at radius 2 is 2.03 bits per heavy atom. The number of benzene rings is 1. The standard InChI is InChI=1S/C20H25N5O4/c21-20-24-17-15(19(29)25-20)10-13(11-23-17)4-3-12-5-7-14(8-6-12)18(28)22-9-1-2-16(26)27/h5-8,13H,1-4,9-11H2,(H,22,28)(H,26,27)(H4,21,23,24,25,29). The van der Waals surface area contributed by atoms with Crippen LogP contribution in [0.1, 0.15) is 40.7 Å². The lowest BCUT2D eigenvalue weighted by atomic mass is 9.91. The van der Waals surface area contributed by atoms with Gasteiger partial charge in [-0.05, 0) is 49.3 Å². The lowest BCUT2D eigenvalue weighted by Crippen LogP contribution is -2.30. The first-order valence-electron chi connectivity index (χ1n) is 9.64. The number of rotatable bonds is 8. The number of carboxylic acids is 1. The van der Waals surface area contributed by atoms with Crippen molar-refractivity contribution in [1.82, 2.24) is 15.3 Å². The number of hydrogen-bond donors (Lipinski definition) is 5. The van der Waals surface area contributed by atoms with Crippen molar-refractivity contribution >= 4 is 23.6 Å². The molecule has 0 aliphatic carbocycles. The summed E-state index contributed by atoms with van der Waals surface area (Å²) in [6, 6.07) is 7.39. The van der Waals surface area contributed by atoms with Gasteiger partial charge in [-0.3, -0.25) is 19.4 Å². The molecule has 1 unspecified atom stereocenters. The molecule has 3 rings (SSSR count). The van der Waals surface area contributed by atoms with Crippen LogP contribution in [0.15, 0.2) is 29.1 Å². The van der Waals surface area contributed by atoms with Gasteiger partial charge in [-0.2, -0.15) is 4.98 Å². The average molecular weight is 399 g/mol. The van der Waals surface area contributed by atoms with Crippen LogP contribution in [0.4, 0.5) is 11.8 Å². The Kier molecular flexibility index (Phi) is 6.48. The molecule has 9 nitrogen and oxygen atoms in total. The minimum absolute atomic E-state index is 0.0367. The number of amides is 1. The molecule has 0 spiro atoms. The number of H-pyrrole nitrogens is 1. The Labute approximate surface area is 167 Å². The number of nitrogen functional groups attached to an aromatic ring is 1. The topological polar surface area (TPSA) is 150 Å². The van der Waals surface area contributed by atoms with Crippen molar-refractivity contribution in [2.75, 3.05) is 24.1 Å². The molecule has 0 saturated carbocycles. The van der Waals surface area contributed by atoms with Gasteiger partial charge in [0, 0.05) is 25.1 Å². The number of aromatic nitrogens is 2.